The first kappa shape index (κ1) is 14.1. The topological polar surface area (TPSA) is 70.1 Å². The zero-order valence-electron chi connectivity index (χ0n) is 12.8. The summed E-state index contributed by atoms with van der Waals surface area (Å²) in [5.74, 6) is 0.367. The van der Waals surface area contributed by atoms with E-state index in [4.69, 9.17) is 0 Å². The standard InChI is InChI=1S/C16H20N3O3/c1-15-7-17-9-16(2,14(15)20)10-18(8-15)13(17)11-5-3-4-6-12(11)19(21)22/h3-6,13,21H,7-10H2,1-2H3/q-1. The summed E-state index contributed by atoms with van der Waals surface area (Å²) in [6.45, 7) is 6.92. The van der Waals surface area contributed by atoms with Gasteiger partial charge in [0, 0.05) is 31.7 Å². The second-order valence-electron chi connectivity index (χ2n) is 7.47. The molecule has 4 aliphatic heterocycles. The molecule has 5 rings (SSSR count). The molecule has 1 N–H and O–H groups in total. The van der Waals surface area contributed by atoms with Crippen molar-refractivity contribution in [3.8, 4) is 0 Å². The van der Waals surface area contributed by atoms with E-state index in [-0.39, 0.29) is 27.9 Å². The summed E-state index contributed by atoms with van der Waals surface area (Å²) in [7, 11) is 0. The van der Waals surface area contributed by atoms with Gasteiger partial charge in [0.25, 0.3) is 0 Å². The number of hydrogen-bond acceptors (Lipinski definition) is 6. The Balaban J connectivity index is 1.77. The first-order chi connectivity index (χ1) is 10.3. The van der Waals surface area contributed by atoms with Gasteiger partial charge >= 0.3 is 0 Å². The zero-order valence-corrected chi connectivity index (χ0v) is 12.8. The van der Waals surface area contributed by atoms with Gasteiger partial charge in [0.1, 0.15) is 5.78 Å². The molecule has 0 atom stereocenters. The second kappa shape index (κ2) is 4.29. The average Bonchev–Trinajstić information content (AvgIpc) is 2.43. The van der Waals surface area contributed by atoms with Crippen LogP contribution in [-0.4, -0.2) is 47.0 Å². The van der Waals surface area contributed by atoms with Crippen LogP contribution in [0.2, 0.25) is 0 Å². The minimum absolute atomic E-state index is 0.0472. The highest BCUT2D eigenvalue weighted by Gasteiger charge is 2.62. The van der Waals surface area contributed by atoms with Gasteiger partial charge in [-0.25, -0.2) is 0 Å². The van der Waals surface area contributed by atoms with Crippen molar-refractivity contribution in [2.45, 2.75) is 20.0 Å². The lowest BCUT2D eigenvalue weighted by Crippen LogP contribution is -2.75. The van der Waals surface area contributed by atoms with Gasteiger partial charge in [0.15, 0.2) is 0 Å². The van der Waals surface area contributed by atoms with Crippen LogP contribution in [0.15, 0.2) is 24.3 Å². The van der Waals surface area contributed by atoms with Crippen molar-refractivity contribution in [2.24, 2.45) is 10.8 Å². The third kappa shape index (κ3) is 1.72. The monoisotopic (exact) mass is 302 g/mol. The molecule has 1 aromatic carbocycles. The van der Waals surface area contributed by atoms with Gasteiger partial charge in [0.05, 0.1) is 22.7 Å². The van der Waals surface area contributed by atoms with E-state index in [9.17, 15) is 15.2 Å². The number of carbonyl (C=O) groups is 1. The van der Waals surface area contributed by atoms with Gasteiger partial charge in [-0.2, -0.15) is 0 Å². The van der Waals surface area contributed by atoms with Gasteiger partial charge in [-0.05, 0) is 6.07 Å². The van der Waals surface area contributed by atoms with Crippen LogP contribution in [0.3, 0.4) is 0 Å². The molecule has 4 saturated heterocycles. The SMILES string of the molecule is CC12CN3CC(C)(CN(C1)C3c1ccccc1N([O-])O)C2=O. The fourth-order valence-corrected chi connectivity index (χ4v) is 4.87. The van der Waals surface area contributed by atoms with E-state index in [1.807, 2.05) is 26.0 Å². The molecular formula is C16H20N3O3-. The summed E-state index contributed by atoms with van der Waals surface area (Å²) in [5.41, 5.74) is 0.431. The highest BCUT2D eigenvalue weighted by molar-refractivity contribution is 5.92. The van der Waals surface area contributed by atoms with E-state index in [1.54, 1.807) is 12.1 Å². The highest BCUT2D eigenvalue weighted by Crippen LogP contribution is 2.52. The summed E-state index contributed by atoms with van der Waals surface area (Å²) >= 11 is 0. The van der Waals surface area contributed by atoms with Crippen molar-refractivity contribution in [3.05, 3.63) is 35.0 Å². The molecule has 4 heterocycles. The number of Topliss-reactive ketones (excluding diaryl/α,β-unsaturated/α-hetero) is 1. The number of hydrogen-bond donors (Lipinski definition) is 1. The van der Waals surface area contributed by atoms with Crippen molar-refractivity contribution in [3.63, 3.8) is 0 Å². The summed E-state index contributed by atoms with van der Waals surface area (Å²) in [6.07, 6.45) is -0.0472. The maximum Gasteiger partial charge on any atom is 0.149 e. The van der Waals surface area contributed by atoms with Gasteiger partial charge in [-0.3, -0.25) is 19.8 Å². The average molecular weight is 302 g/mol. The quantitative estimate of drug-likeness (QED) is 0.837. The lowest BCUT2D eigenvalue weighted by molar-refractivity contribution is -0.197. The smallest absolute Gasteiger partial charge is 0.149 e. The molecule has 4 fully saturated rings. The fraction of sp³-hybridized carbons (Fsp3) is 0.562. The van der Waals surface area contributed by atoms with E-state index >= 15 is 0 Å². The van der Waals surface area contributed by atoms with Crippen LogP contribution in [0, 0.1) is 16.0 Å². The Bertz CT molecular complexity index is 605. The van der Waals surface area contributed by atoms with Crippen LogP contribution < -0.4 is 5.23 Å². The van der Waals surface area contributed by atoms with Crippen molar-refractivity contribution in [2.75, 3.05) is 31.4 Å². The number of rotatable bonds is 2. The Morgan fingerprint density at radius 1 is 1.14 bits per heavy atom. The van der Waals surface area contributed by atoms with Crippen LogP contribution in [0.25, 0.3) is 0 Å². The van der Waals surface area contributed by atoms with Gasteiger partial charge in [-0.1, -0.05) is 32.0 Å². The molecule has 0 aliphatic carbocycles. The molecule has 0 unspecified atom stereocenters. The molecule has 6 heteroatoms. The van der Waals surface area contributed by atoms with Crippen LogP contribution in [0.1, 0.15) is 25.6 Å². The minimum Gasteiger partial charge on any atom is -0.733 e. The summed E-state index contributed by atoms with van der Waals surface area (Å²) in [5, 5.41) is 20.8. The van der Waals surface area contributed by atoms with Crippen LogP contribution in [0.4, 0.5) is 5.69 Å². The minimum atomic E-state index is -0.326. The summed E-state index contributed by atoms with van der Waals surface area (Å²) in [4.78, 5) is 17.2. The van der Waals surface area contributed by atoms with Crippen molar-refractivity contribution < 1.29 is 10.0 Å². The van der Waals surface area contributed by atoms with E-state index < -0.39 is 0 Å². The Morgan fingerprint density at radius 2 is 1.64 bits per heavy atom. The molecule has 4 bridgehead atoms. The highest BCUT2D eigenvalue weighted by atomic mass is 16.8. The summed E-state index contributed by atoms with van der Waals surface area (Å²) < 4.78 is 0. The van der Waals surface area contributed by atoms with Crippen molar-refractivity contribution in [1.29, 1.82) is 0 Å². The Hall–Kier alpha value is -1.47. The first-order valence-corrected chi connectivity index (χ1v) is 7.62. The largest absolute Gasteiger partial charge is 0.733 e. The molecular weight excluding hydrogens is 282 g/mol. The third-order valence-corrected chi connectivity index (χ3v) is 5.42. The lowest BCUT2D eigenvalue weighted by Gasteiger charge is -2.65. The van der Waals surface area contributed by atoms with Crippen LogP contribution in [0.5, 0.6) is 0 Å². The number of para-hydroxylation sites is 1. The molecule has 0 amide bonds. The second-order valence-corrected chi connectivity index (χ2v) is 7.47. The molecule has 6 nitrogen and oxygen atoms in total. The third-order valence-electron chi connectivity index (χ3n) is 5.42. The normalized spacial score (nSPS) is 42.7. The number of piperidine rings is 2. The molecule has 22 heavy (non-hydrogen) atoms. The van der Waals surface area contributed by atoms with Gasteiger partial charge in [0.2, 0.25) is 0 Å². The Labute approximate surface area is 129 Å². The van der Waals surface area contributed by atoms with E-state index in [1.165, 1.54) is 0 Å². The molecule has 1 aromatic rings. The predicted molar refractivity (Wildman–Crippen MR) is 81.2 cm³/mol. The zero-order chi connectivity index (χ0) is 15.7. The maximum atomic E-state index is 12.7. The van der Waals surface area contributed by atoms with Gasteiger partial charge in [-0.15, -0.1) is 0 Å². The number of carbonyl (C=O) groups excluding carboxylic acids is 1. The first-order valence-electron chi connectivity index (χ1n) is 7.62. The van der Waals surface area contributed by atoms with Crippen LogP contribution >= 0.6 is 0 Å². The molecule has 0 spiro atoms. The van der Waals surface area contributed by atoms with E-state index in [2.05, 4.69) is 9.80 Å². The van der Waals surface area contributed by atoms with E-state index in [0.717, 1.165) is 5.56 Å². The van der Waals surface area contributed by atoms with Gasteiger partial charge < -0.3 is 10.4 Å². The van der Waals surface area contributed by atoms with Crippen molar-refractivity contribution in [1.82, 2.24) is 9.80 Å². The fourth-order valence-electron chi connectivity index (χ4n) is 4.87. The van der Waals surface area contributed by atoms with Crippen LogP contribution in [-0.2, 0) is 4.79 Å². The Morgan fingerprint density at radius 3 is 2.14 bits per heavy atom. The predicted octanol–water partition coefficient (Wildman–Crippen LogP) is 1.61. The van der Waals surface area contributed by atoms with Crippen molar-refractivity contribution >= 4 is 11.5 Å². The number of anilines is 1. The molecule has 0 aromatic heterocycles. The lowest BCUT2D eigenvalue weighted by atomic mass is 9.62. The number of benzene rings is 1. The molecule has 0 radical (unpaired) electrons. The number of ketones is 1. The van der Waals surface area contributed by atoms with E-state index in [0.29, 0.717) is 32.0 Å². The summed E-state index contributed by atoms with van der Waals surface area (Å²) in [6, 6.07) is 7.14. The Kier molecular flexibility index (Phi) is 2.76. The molecule has 0 saturated carbocycles. The number of nitrogens with zero attached hydrogens (tertiary/aromatic N) is 3. The molecule has 118 valence electrons. The maximum absolute atomic E-state index is 12.7. The molecule has 4 aliphatic rings.